The molecule has 2 rings (SSSR count). The summed E-state index contributed by atoms with van der Waals surface area (Å²) in [5.74, 6) is 0.515. The Morgan fingerprint density at radius 2 is 2.06 bits per heavy atom. The van der Waals surface area contributed by atoms with Gasteiger partial charge in [0.25, 0.3) is 0 Å². The standard InChI is InChI=1S/C10H13BrN2O4/c11-5-1-2-7(12-3-5)13-10-9(16)8(15)6(14)4-17-10/h1-3,6,8-10,14-16H,4H2,(H,12,13)/t6-,8+,9+,10+/m1/s1. The van der Waals surface area contributed by atoms with E-state index in [-0.39, 0.29) is 6.61 Å². The summed E-state index contributed by atoms with van der Waals surface area (Å²) in [6, 6.07) is 3.49. The molecule has 0 aliphatic carbocycles. The fraction of sp³-hybridized carbons (Fsp3) is 0.500. The number of aliphatic hydroxyl groups is 3. The molecule has 94 valence electrons. The van der Waals surface area contributed by atoms with Crippen molar-refractivity contribution in [3.05, 3.63) is 22.8 Å². The predicted molar refractivity (Wildman–Crippen MR) is 63.3 cm³/mol. The summed E-state index contributed by atoms with van der Waals surface area (Å²) in [4.78, 5) is 4.06. The molecule has 0 bridgehead atoms. The summed E-state index contributed by atoms with van der Waals surface area (Å²) >= 11 is 3.26. The molecule has 7 heteroatoms. The number of nitrogens with one attached hydrogen (secondary N) is 1. The van der Waals surface area contributed by atoms with Crippen molar-refractivity contribution in [2.45, 2.75) is 24.5 Å². The van der Waals surface area contributed by atoms with E-state index in [1.54, 1.807) is 18.3 Å². The normalized spacial score (nSPS) is 33.4. The highest BCUT2D eigenvalue weighted by atomic mass is 79.9. The van der Waals surface area contributed by atoms with Gasteiger partial charge in [0.2, 0.25) is 0 Å². The van der Waals surface area contributed by atoms with E-state index in [9.17, 15) is 15.3 Å². The van der Waals surface area contributed by atoms with Crippen molar-refractivity contribution < 1.29 is 20.1 Å². The van der Waals surface area contributed by atoms with Crippen molar-refractivity contribution in [2.75, 3.05) is 11.9 Å². The molecule has 4 N–H and O–H groups in total. The van der Waals surface area contributed by atoms with Gasteiger partial charge in [0.15, 0.2) is 6.23 Å². The first-order valence-corrected chi connectivity index (χ1v) is 5.91. The Morgan fingerprint density at radius 3 is 2.71 bits per heavy atom. The average molecular weight is 305 g/mol. The second-order valence-corrected chi connectivity index (χ2v) is 4.72. The lowest BCUT2D eigenvalue weighted by atomic mass is 10.0. The van der Waals surface area contributed by atoms with Crippen LogP contribution in [0, 0.1) is 0 Å². The molecule has 0 spiro atoms. The van der Waals surface area contributed by atoms with Crippen molar-refractivity contribution in [3.8, 4) is 0 Å². The van der Waals surface area contributed by atoms with E-state index in [0.717, 1.165) is 4.47 Å². The van der Waals surface area contributed by atoms with E-state index in [0.29, 0.717) is 5.82 Å². The van der Waals surface area contributed by atoms with E-state index >= 15 is 0 Å². The van der Waals surface area contributed by atoms with Crippen molar-refractivity contribution in [2.24, 2.45) is 0 Å². The van der Waals surface area contributed by atoms with Gasteiger partial charge in [-0.15, -0.1) is 0 Å². The molecule has 1 aromatic heterocycles. The molecule has 0 aromatic carbocycles. The summed E-state index contributed by atoms with van der Waals surface area (Å²) in [5.41, 5.74) is 0. The number of halogens is 1. The molecule has 1 saturated heterocycles. The highest BCUT2D eigenvalue weighted by Gasteiger charge is 2.37. The van der Waals surface area contributed by atoms with Crippen molar-refractivity contribution in [1.82, 2.24) is 4.98 Å². The van der Waals surface area contributed by atoms with Crippen LogP contribution in [0.3, 0.4) is 0 Å². The summed E-state index contributed by atoms with van der Waals surface area (Å²) in [5, 5.41) is 31.3. The third-order valence-electron chi connectivity index (χ3n) is 2.52. The number of anilines is 1. The first-order chi connectivity index (χ1) is 8.08. The Labute approximate surface area is 106 Å². The molecule has 17 heavy (non-hydrogen) atoms. The monoisotopic (exact) mass is 304 g/mol. The van der Waals surface area contributed by atoms with Crippen LogP contribution in [0.2, 0.25) is 0 Å². The summed E-state index contributed by atoms with van der Waals surface area (Å²) in [6.07, 6.45) is -2.69. The first kappa shape index (κ1) is 12.7. The first-order valence-electron chi connectivity index (χ1n) is 5.12. The SMILES string of the molecule is O[C@@H]1[C@H](O)[C@@H](Nc2ccc(Br)cn2)OC[C@H]1O. The minimum absolute atomic E-state index is 0.0353. The number of hydrogen-bond acceptors (Lipinski definition) is 6. The van der Waals surface area contributed by atoms with Crippen LogP contribution in [0.4, 0.5) is 5.82 Å². The van der Waals surface area contributed by atoms with Gasteiger partial charge >= 0.3 is 0 Å². The van der Waals surface area contributed by atoms with Gasteiger partial charge in [0, 0.05) is 10.7 Å². The van der Waals surface area contributed by atoms with Crippen LogP contribution >= 0.6 is 15.9 Å². The third kappa shape index (κ3) is 2.93. The molecule has 0 radical (unpaired) electrons. The molecule has 1 fully saturated rings. The highest BCUT2D eigenvalue weighted by Crippen LogP contribution is 2.18. The maximum absolute atomic E-state index is 9.69. The molecule has 0 saturated carbocycles. The van der Waals surface area contributed by atoms with Gasteiger partial charge < -0.3 is 25.4 Å². The van der Waals surface area contributed by atoms with Crippen molar-refractivity contribution in [3.63, 3.8) is 0 Å². The fourth-order valence-electron chi connectivity index (χ4n) is 1.54. The molecule has 0 unspecified atom stereocenters. The Bertz CT molecular complexity index is 375. The second kappa shape index (κ2) is 5.28. The Balaban J connectivity index is 2.01. The molecule has 1 aliphatic rings. The highest BCUT2D eigenvalue weighted by molar-refractivity contribution is 9.10. The number of aromatic nitrogens is 1. The fourth-order valence-corrected chi connectivity index (χ4v) is 1.77. The molecular weight excluding hydrogens is 292 g/mol. The van der Waals surface area contributed by atoms with Crippen LogP contribution in [0.15, 0.2) is 22.8 Å². The van der Waals surface area contributed by atoms with Gasteiger partial charge in [-0.25, -0.2) is 4.98 Å². The molecular formula is C10H13BrN2O4. The number of rotatable bonds is 2. The van der Waals surface area contributed by atoms with Crippen molar-refractivity contribution >= 4 is 21.7 Å². The minimum Gasteiger partial charge on any atom is -0.388 e. The quantitative estimate of drug-likeness (QED) is 0.599. The van der Waals surface area contributed by atoms with E-state index in [2.05, 4.69) is 26.2 Å². The second-order valence-electron chi connectivity index (χ2n) is 3.81. The summed E-state index contributed by atoms with van der Waals surface area (Å²) in [7, 11) is 0. The predicted octanol–water partition coefficient (Wildman–Crippen LogP) is -0.305. The maximum Gasteiger partial charge on any atom is 0.157 e. The maximum atomic E-state index is 9.69. The Kier molecular flexibility index (Phi) is 3.95. The van der Waals surface area contributed by atoms with Gasteiger partial charge in [0.1, 0.15) is 24.1 Å². The zero-order valence-corrected chi connectivity index (χ0v) is 10.4. The summed E-state index contributed by atoms with van der Waals surface area (Å²) in [6.45, 7) is -0.0353. The topological polar surface area (TPSA) is 94.8 Å². The largest absolute Gasteiger partial charge is 0.388 e. The van der Waals surface area contributed by atoms with Gasteiger partial charge in [-0.3, -0.25) is 0 Å². The summed E-state index contributed by atoms with van der Waals surface area (Å²) < 4.78 is 6.02. The van der Waals surface area contributed by atoms with Gasteiger partial charge in [0.05, 0.1) is 6.61 Å². The Morgan fingerprint density at radius 1 is 1.29 bits per heavy atom. The van der Waals surface area contributed by atoms with E-state index in [1.807, 2.05) is 0 Å². The smallest absolute Gasteiger partial charge is 0.157 e. The average Bonchev–Trinajstić information content (AvgIpc) is 2.33. The minimum atomic E-state index is -1.23. The lowest BCUT2D eigenvalue weighted by molar-refractivity contribution is -0.178. The third-order valence-corrected chi connectivity index (χ3v) is 2.99. The number of hydrogen-bond donors (Lipinski definition) is 4. The molecule has 1 aliphatic heterocycles. The zero-order chi connectivity index (χ0) is 12.4. The lowest BCUT2D eigenvalue weighted by Crippen LogP contribution is -2.55. The van der Waals surface area contributed by atoms with Crippen LogP contribution in [-0.4, -0.2) is 51.5 Å². The lowest BCUT2D eigenvalue weighted by Gasteiger charge is -2.35. The zero-order valence-electron chi connectivity index (χ0n) is 8.82. The number of ether oxygens (including phenoxy) is 1. The molecule has 0 amide bonds. The van der Waals surface area contributed by atoms with Crippen LogP contribution in [-0.2, 0) is 4.74 Å². The van der Waals surface area contributed by atoms with E-state index in [4.69, 9.17) is 4.74 Å². The Hall–Kier alpha value is -0.730. The van der Waals surface area contributed by atoms with Crippen LogP contribution < -0.4 is 5.32 Å². The van der Waals surface area contributed by atoms with Crippen LogP contribution in [0.5, 0.6) is 0 Å². The van der Waals surface area contributed by atoms with Gasteiger partial charge in [-0.2, -0.15) is 0 Å². The van der Waals surface area contributed by atoms with Crippen LogP contribution in [0.1, 0.15) is 0 Å². The molecule has 2 heterocycles. The molecule has 4 atom stereocenters. The van der Waals surface area contributed by atoms with E-state index in [1.165, 1.54) is 0 Å². The number of pyridine rings is 1. The van der Waals surface area contributed by atoms with Gasteiger partial charge in [-0.05, 0) is 28.1 Å². The van der Waals surface area contributed by atoms with Gasteiger partial charge in [-0.1, -0.05) is 0 Å². The number of aliphatic hydroxyl groups excluding tert-OH is 3. The van der Waals surface area contributed by atoms with Crippen LogP contribution in [0.25, 0.3) is 0 Å². The van der Waals surface area contributed by atoms with E-state index < -0.39 is 24.5 Å². The van der Waals surface area contributed by atoms with Crippen molar-refractivity contribution in [1.29, 1.82) is 0 Å². The number of nitrogens with zero attached hydrogens (tertiary/aromatic N) is 1. The molecule has 6 nitrogen and oxygen atoms in total. The molecule has 1 aromatic rings.